The Labute approximate surface area is 139 Å². The van der Waals surface area contributed by atoms with Crippen LogP contribution in [0, 0.1) is 10.1 Å². The Kier molecular flexibility index (Phi) is 2.59. The number of nitro groups is 1. The molecule has 4 heteroatoms. The van der Waals surface area contributed by atoms with Gasteiger partial charge >= 0.3 is 0 Å². The van der Waals surface area contributed by atoms with Crippen LogP contribution in [-0.4, -0.2) is 4.92 Å². The molecule has 0 radical (unpaired) electrons. The fourth-order valence-corrected chi connectivity index (χ4v) is 3.94. The van der Waals surface area contributed by atoms with Crippen LogP contribution in [0.1, 0.15) is 23.2 Å². The second kappa shape index (κ2) is 4.68. The van der Waals surface area contributed by atoms with E-state index in [4.69, 9.17) is 0 Å². The van der Waals surface area contributed by atoms with Gasteiger partial charge in [0.05, 0.1) is 17.0 Å². The van der Waals surface area contributed by atoms with Crippen LogP contribution in [0.25, 0.3) is 11.1 Å². The number of rotatable bonds is 2. The van der Waals surface area contributed by atoms with Gasteiger partial charge in [-0.3, -0.25) is 10.1 Å². The van der Waals surface area contributed by atoms with Crippen molar-refractivity contribution < 1.29 is 4.92 Å². The van der Waals surface area contributed by atoms with E-state index in [0.29, 0.717) is 12.1 Å². The van der Waals surface area contributed by atoms with E-state index in [9.17, 15) is 10.1 Å². The van der Waals surface area contributed by atoms with Crippen molar-refractivity contribution in [3.8, 4) is 11.1 Å². The second-order valence-electron chi connectivity index (χ2n) is 6.24. The molecule has 3 aromatic carbocycles. The van der Waals surface area contributed by atoms with Gasteiger partial charge in [-0.1, -0.05) is 48.5 Å². The third kappa shape index (κ3) is 1.74. The third-order valence-electron chi connectivity index (χ3n) is 5.02. The van der Waals surface area contributed by atoms with Gasteiger partial charge in [0.1, 0.15) is 0 Å². The summed E-state index contributed by atoms with van der Waals surface area (Å²) in [5.74, 6) is 0. The molecule has 3 aromatic rings. The Morgan fingerprint density at radius 3 is 1.75 bits per heavy atom. The summed E-state index contributed by atoms with van der Waals surface area (Å²) < 4.78 is 0. The largest absolute Gasteiger partial charge is 0.352 e. The lowest BCUT2D eigenvalue weighted by Gasteiger charge is -2.16. The van der Waals surface area contributed by atoms with Gasteiger partial charge in [-0.15, -0.1) is 0 Å². The van der Waals surface area contributed by atoms with Crippen molar-refractivity contribution in [3.05, 3.63) is 94.0 Å². The number of anilines is 1. The summed E-state index contributed by atoms with van der Waals surface area (Å²) in [7, 11) is 0. The van der Waals surface area contributed by atoms with Crippen LogP contribution >= 0.6 is 0 Å². The molecular weight excluding hydrogens is 300 g/mol. The highest BCUT2D eigenvalue weighted by Crippen LogP contribution is 2.63. The molecule has 2 aliphatic rings. The molecule has 0 saturated carbocycles. The zero-order valence-electron chi connectivity index (χ0n) is 12.8. The minimum Gasteiger partial charge on any atom is -0.352 e. The van der Waals surface area contributed by atoms with E-state index in [2.05, 4.69) is 53.4 Å². The van der Waals surface area contributed by atoms with Gasteiger partial charge in [-0.25, -0.2) is 0 Å². The van der Waals surface area contributed by atoms with Crippen LogP contribution in [0.4, 0.5) is 11.4 Å². The maximum absolute atomic E-state index is 10.9. The smallest absolute Gasteiger partial charge is 0.269 e. The van der Waals surface area contributed by atoms with E-state index >= 15 is 0 Å². The standard InChI is InChI=1S/C20H14N2O2/c23-22(24)14-11-9-13(10-12-14)21-19-17-7-3-1-5-15(17)16-6-2-4-8-18(16)20(19)21/h1-12,19-20H. The lowest BCUT2D eigenvalue weighted by atomic mass is 9.86. The fraction of sp³-hybridized carbons (Fsp3) is 0.100. The van der Waals surface area contributed by atoms with E-state index < -0.39 is 0 Å². The van der Waals surface area contributed by atoms with Crippen molar-refractivity contribution in [1.82, 2.24) is 0 Å². The number of non-ortho nitro benzene ring substituents is 1. The Morgan fingerprint density at radius 1 is 0.750 bits per heavy atom. The first-order chi connectivity index (χ1) is 11.8. The number of nitrogens with zero attached hydrogens (tertiary/aromatic N) is 2. The number of benzene rings is 3. The van der Waals surface area contributed by atoms with Crippen molar-refractivity contribution in [2.75, 3.05) is 4.90 Å². The summed E-state index contributed by atoms with van der Waals surface area (Å²) in [5, 5.41) is 10.9. The fourth-order valence-electron chi connectivity index (χ4n) is 3.94. The third-order valence-corrected chi connectivity index (χ3v) is 5.02. The first-order valence-corrected chi connectivity index (χ1v) is 7.97. The van der Waals surface area contributed by atoms with Crippen molar-refractivity contribution >= 4 is 11.4 Å². The predicted molar refractivity (Wildman–Crippen MR) is 92.9 cm³/mol. The molecule has 1 fully saturated rings. The molecule has 24 heavy (non-hydrogen) atoms. The molecule has 1 aliphatic carbocycles. The van der Waals surface area contributed by atoms with Crippen LogP contribution in [0.15, 0.2) is 72.8 Å². The summed E-state index contributed by atoms with van der Waals surface area (Å²) >= 11 is 0. The summed E-state index contributed by atoms with van der Waals surface area (Å²) in [6.07, 6.45) is 0. The van der Waals surface area contributed by atoms with Gasteiger partial charge in [-0.2, -0.15) is 0 Å². The predicted octanol–water partition coefficient (Wildman–Crippen LogP) is 4.88. The number of hydrogen-bond donors (Lipinski definition) is 0. The van der Waals surface area contributed by atoms with Crippen molar-refractivity contribution in [2.45, 2.75) is 12.1 Å². The summed E-state index contributed by atoms with van der Waals surface area (Å²) in [6.45, 7) is 0. The molecule has 1 heterocycles. The van der Waals surface area contributed by atoms with E-state index in [0.717, 1.165) is 5.69 Å². The molecule has 0 amide bonds. The molecule has 0 bridgehead atoms. The minimum absolute atomic E-state index is 0.129. The molecule has 2 unspecified atom stereocenters. The molecule has 0 aromatic heterocycles. The first kappa shape index (κ1) is 13.3. The van der Waals surface area contributed by atoms with Gasteiger partial charge in [0.25, 0.3) is 5.69 Å². The minimum atomic E-state index is -0.357. The average molecular weight is 314 g/mol. The summed E-state index contributed by atoms with van der Waals surface area (Å²) in [5.41, 5.74) is 6.41. The zero-order valence-corrected chi connectivity index (χ0v) is 12.8. The van der Waals surface area contributed by atoms with E-state index in [1.807, 2.05) is 12.1 Å². The second-order valence-corrected chi connectivity index (χ2v) is 6.24. The molecular formula is C20H14N2O2. The van der Waals surface area contributed by atoms with E-state index in [1.54, 1.807) is 12.1 Å². The number of fused-ring (bicyclic) bond motifs is 6. The SMILES string of the molecule is O=[N+]([O-])c1ccc(N2C3c4ccccc4-c4ccccc4C32)cc1. The number of nitro benzene ring substituents is 1. The highest BCUT2D eigenvalue weighted by Gasteiger charge is 2.53. The van der Waals surface area contributed by atoms with Crippen LogP contribution in [0.3, 0.4) is 0 Å². The molecule has 116 valence electrons. The van der Waals surface area contributed by atoms with Gasteiger partial charge in [-0.05, 0) is 34.4 Å². The highest BCUT2D eigenvalue weighted by atomic mass is 16.6. The molecule has 0 N–H and O–H groups in total. The van der Waals surface area contributed by atoms with Gasteiger partial charge in [0.2, 0.25) is 0 Å². The van der Waals surface area contributed by atoms with Gasteiger partial charge < -0.3 is 4.90 Å². The Hall–Kier alpha value is -3.14. The molecule has 0 spiro atoms. The molecule has 1 saturated heterocycles. The summed E-state index contributed by atoms with van der Waals surface area (Å²) in [6, 6.07) is 24.5. The lowest BCUT2D eigenvalue weighted by Crippen LogP contribution is -1.98. The quantitative estimate of drug-likeness (QED) is 0.385. The van der Waals surface area contributed by atoms with Crippen molar-refractivity contribution in [2.24, 2.45) is 0 Å². The molecule has 4 nitrogen and oxygen atoms in total. The number of hydrogen-bond acceptors (Lipinski definition) is 3. The monoisotopic (exact) mass is 314 g/mol. The maximum Gasteiger partial charge on any atom is 0.269 e. The van der Waals surface area contributed by atoms with E-state index in [-0.39, 0.29) is 10.6 Å². The van der Waals surface area contributed by atoms with E-state index in [1.165, 1.54) is 22.3 Å². The first-order valence-electron chi connectivity index (χ1n) is 7.97. The van der Waals surface area contributed by atoms with Gasteiger partial charge in [0, 0.05) is 17.8 Å². The topological polar surface area (TPSA) is 46.1 Å². The normalized spacial score (nSPS) is 19.9. The Morgan fingerprint density at radius 2 is 1.25 bits per heavy atom. The Bertz CT molecular complexity index is 914. The molecule has 5 rings (SSSR count). The Balaban J connectivity index is 1.62. The van der Waals surface area contributed by atoms with Crippen LogP contribution in [0.2, 0.25) is 0 Å². The van der Waals surface area contributed by atoms with Crippen LogP contribution in [-0.2, 0) is 0 Å². The molecule has 2 atom stereocenters. The average Bonchev–Trinajstić information content (AvgIpc) is 3.38. The maximum atomic E-state index is 10.9. The highest BCUT2D eigenvalue weighted by molar-refractivity contribution is 5.81. The van der Waals surface area contributed by atoms with Gasteiger partial charge in [0.15, 0.2) is 0 Å². The van der Waals surface area contributed by atoms with Crippen LogP contribution < -0.4 is 4.90 Å². The van der Waals surface area contributed by atoms with Crippen LogP contribution in [0.5, 0.6) is 0 Å². The molecule has 1 aliphatic heterocycles. The van der Waals surface area contributed by atoms with Crippen molar-refractivity contribution in [1.29, 1.82) is 0 Å². The zero-order chi connectivity index (χ0) is 16.3. The summed E-state index contributed by atoms with van der Waals surface area (Å²) in [4.78, 5) is 12.9. The van der Waals surface area contributed by atoms with Crippen molar-refractivity contribution in [3.63, 3.8) is 0 Å². The lowest BCUT2D eigenvalue weighted by molar-refractivity contribution is -0.384.